The Bertz CT molecular complexity index is 895. The number of aryl methyl sites for hydroxylation is 2. The molecule has 0 saturated carbocycles. The fourth-order valence-corrected chi connectivity index (χ4v) is 3.80. The fourth-order valence-electron chi connectivity index (χ4n) is 3.80. The van der Waals surface area contributed by atoms with Crippen molar-refractivity contribution in [3.05, 3.63) is 36.4 Å². The molecular weight excluding hydrogens is 286 g/mol. The van der Waals surface area contributed by atoms with Crippen LogP contribution in [0.25, 0.3) is 21.9 Å². The number of hydrogen-bond donors (Lipinski definition) is 1. The summed E-state index contributed by atoms with van der Waals surface area (Å²) in [5.41, 5.74) is 12.1. The van der Waals surface area contributed by atoms with E-state index in [0.717, 1.165) is 59.2 Å². The van der Waals surface area contributed by atoms with E-state index in [1.54, 1.807) is 7.11 Å². The highest BCUT2D eigenvalue weighted by molar-refractivity contribution is 6.13. The quantitative estimate of drug-likeness (QED) is 0.799. The number of fused-ring (bicyclic) bond motifs is 4. The molecule has 0 saturated heterocycles. The predicted octanol–water partition coefficient (Wildman–Crippen LogP) is 3.88. The lowest BCUT2D eigenvalue weighted by Gasteiger charge is -2.18. The lowest BCUT2D eigenvalue weighted by atomic mass is 9.93. The van der Waals surface area contributed by atoms with E-state index in [9.17, 15) is 0 Å². The number of benzene rings is 1. The molecule has 23 heavy (non-hydrogen) atoms. The zero-order valence-electron chi connectivity index (χ0n) is 13.6. The zero-order valence-corrected chi connectivity index (χ0v) is 13.6. The predicted molar refractivity (Wildman–Crippen MR) is 94.8 cm³/mol. The van der Waals surface area contributed by atoms with E-state index in [0.29, 0.717) is 0 Å². The molecule has 119 valence electrons. The van der Waals surface area contributed by atoms with E-state index in [4.69, 9.17) is 15.5 Å². The number of aromatic nitrogens is 2. The van der Waals surface area contributed by atoms with Crippen LogP contribution >= 0.6 is 0 Å². The zero-order chi connectivity index (χ0) is 16.0. The third-order valence-electron chi connectivity index (χ3n) is 4.90. The maximum absolute atomic E-state index is 6.60. The van der Waals surface area contributed by atoms with Crippen LogP contribution < -0.4 is 10.5 Å². The number of methoxy groups -OCH3 is 1. The van der Waals surface area contributed by atoms with Crippen molar-refractivity contribution in [2.75, 3.05) is 12.8 Å². The van der Waals surface area contributed by atoms with Gasteiger partial charge in [0.25, 0.3) is 0 Å². The van der Waals surface area contributed by atoms with Gasteiger partial charge in [-0.05, 0) is 55.9 Å². The van der Waals surface area contributed by atoms with Crippen molar-refractivity contribution in [1.82, 2.24) is 9.55 Å². The van der Waals surface area contributed by atoms with Gasteiger partial charge < -0.3 is 15.0 Å². The maximum Gasteiger partial charge on any atom is 0.143 e. The number of nitrogens with zero attached hydrogens (tertiary/aromatic N) is 2. The van der Waals surface area contributed by atoms with Gasteiger partial charge in [0, 0.05) is 23.3 Å². The van der Waals surface area contributed by atoms with Crippen LogP contribution in [0.5, 0.6) is 5.75 Å². The molecule has 0 spiro atoms. The molecular formula is C19H22N3O. The molecule has 0 unspecified atom stereocenters. The molecule has 3 aromatic rings. The number of hydrogen-bond acceptors (Lipinski definition) is 3. The van der Waals surface area contributed by atoms with Crippen LogP contribution in [-0.2, 0) is 19.4 Å². The minimum atomic E-state index is 0.823. The van der Waals surface area contributed by atoms with Gasteiger partial charge in [0.05, 0.1) is 18.0 Å². The van der Waals surface area contributed by atoms with Crippen LogP contribution in [0.15, 0.2) is 18.2 Å². The average Bonchev–Trinajstić information content (AvgIpc) is 2.89. The highest BCUT2D eigenvalue weighted by Gasteiger charge is 2.21. The van der Waals surface area contributed by atoms with Gasteiger partial charge in [-0.1, -0.05) is 6.92 Å². The van der Waals surface area contributed by atoms with Crippen LogP contribution in [-0.4, -0.2) is 16.7 Å². The molecule has 4 heteroatoms. The Kier molecular flexibility index (Phi) is 3.40. The molecule has 2 N–H and O–H groups in total. The Morgan fingerprint density at radius 2 is 2.13 bits per heavy atom. The van der Waals surface area contributed by atoms with Crippen LogP contribution in [0.4, 0.5) is 5.69 Å². The molecule has 0 amide bonds. The first kappa shape index (κ1) is 14.4. The summed E-state index contributed by atoms with van der Waals surface area (Å²) < 4.78 is 7.66. The molecule has 1 aliphatic rings. The average molecular weight is 308 g/mol. The van der Waals surface area contributed by atoms with Crippen LogP contribution in [0.1, 0.15) is 30.5 Å². The molecule has 2 aromatic heterocycles. The first-order valence-electron chi connectivity index (χ1n) is 8.31. The molecule has 1 aromatic carbocycles. The van der Waals surface area contributed by atoms with E-state index in [1.165, 1.54) is 24.1 Å². The first-order chi connectivity index (χ1) is 11.2. The molecule has 0 bridgehead atoms. The number of nitrogens with two attached hydrogens (primary N) is 1. The monoisotopic (exact) mass is 308 g/mol. The standard InChI is InChI=1S/C19H22N3O/c1-3-10-22-16-9-8-12(23-2)11-14(16)17-18(20)13-6-4-5-7-15(13)21-19(17)22/h8-9,11H,1,3-7,10H2,2H3,(H2,20,21). The number of rotatable bonds is 3. The number of anilines is 1. The fraction of sp³-hybridized carbons (Fsp3) is 0.368. The molecule has 4 rings (SSSR count). The number of nitrogen functional groups attached to an aromatic ring is 1. The van der Waals surface area contributed by atoms with Gasteiger partial charge in [0.1, 0.15) is 11.4 Å². The third-order valence-corrected chi connectivity index (χ3v) is 4.90. The summed E-state index contributed by atoms with van der Waals surface area (Å²) in [5.74, 6) is 0.850. The van der Waals surface area contributed by atoms with Gasteiger partial charge in [-0.15, -0.1) is 0 Å². The van der Waals surface area contributed by atoms with Gasteiger partial charge in [-0.2, -0.15) is 0 Å². The Morgan fingerprint density at radius 1 is 1.30 bits per heavy atom. The van der Waals surface area contributed by atoms with Crippen molar-refractivity contribution in [3.63, 3.8) is 0 Å². The lowest BCUT2D eigenvalue weighted by molar-refractivity contribution is 0.415. The SMILES string of the molecule is [CH2]CCn1c2ccc(OC)cc2c2c(N)c3c(nc21)CCCC3. The Hall–Kier alpha value is -2.23. The van der Waals surface area contributed by atoms with Crippen molar-refractivity contribution in [3.8, 4) is 5.75 Å². The van der Waals surface area contributed by atoms with E-state index in [-0.39, 0.29) is 0 Å². The topological polar surface area (TPSA) is 53.1 Å². The van der Waals surface area contributed by atoms with Crippen LogP contribution in [0.3, 0.4) is 0 Å². The van der Waals surface area contributed by atoms with Crippen molar-refractivity contribution in [2.24, 2.45) is 0 Å². The third kappa shape index (κ3) is 2.08. The van der Waals surface area contributed by atoms with Crippen molar-refractivity contribution in [2.45, 2.75) is 38.6 Å². The van der Waals surface area contributed by atoms with E-state index >= 15 is 0 Å². The highest BCUT2D eigenvalue weighted by Crippen LogP contribution is 2.38. The minimum absolute atomic E-state index is 0.823. The molecule has 0 fully saturated rings. The van der Waals surface area contributed by atoms with Gasteiger partial charge in [-0.3, -0.25) is 0 Å². The smallest absolute Gasteiger partial charge is 0.143 e. The van der Waals surface area contributed by atoms with E-state index in [2.05, 4.69) is 23.6 Å². The maximum atomic E-state index is 6.60. The van der Waals surface area contributed by atoms with E-state index in [1.807, 2.05) is 6.07 Å². The van der Waals surface area contributed by atoms with Crippen molar-refractivity contribution in [1.29, 1.82) is 0 Å². The summed E-state index contributed by atoms with van der Waals surface area (Å²) >= 11 is 0. The van der Waals surface area contributed by atoms with Crippen molar-refractivity contribution < 1.29 is 4.74 Å². The largest absolute Gasteiger partial charge is 0.497 e. The van der Waals surface area contributed by atoms with Gasteiger partial charge >= 0.3 is 0 Å². The molecule has 1 radical (unpaired) electrons. The van der Waals surface area contributed by atoms with Gasteiger partial charge in [-0.25, -0.2) is 4.98 Å². The summed E-state index contributed by atoms with van der Waals surface area (Å²) in [6.45, 7) is 4.86. The molecule has 2 heterocycles. The summed E-state index contributed by atoms with van der Waals surface area (Å²) in [5, 5.41) is 2.21. The molecule has 0 atom stereocenters. The second kappa shape index (κ2) is 5.44. The summed E-state index contributed by atoms with van der Waals surface area (Å²) in [6, 6.07) is 6.17. The van der Waals surface area contributed by atoms with Crippen molar-refractivity contribution >= 4 is 27.6 Å². The first-order valence-corrected chi connectivity index (χ1v) is 8.31. The molecule has 1 aliphatic carbocycles. The highest BCUT2D eigenvalue weighted by atomic mass is 16.5. The van der Waals surface area contributed by atoms with Crippen LogP contribution in [0.2, 0.25) is 0 Å². The Balaban J connectivity index is 2.14. The minimum Gasteiger partial charge on any atom is -0.497 e. The lowest BCUT2D eigenvalue weighted by Crippen LogP contribution is -2.10. The summed E-state index contributed by atoms with van der Waals surface area (Å²) in [6.07, 6.45) is 5.30. The van der Waals surface area contributed by atoms with Crippen LogP contribution in [0, 0.1) is 6.92 Å². The second-order valence-electron chi connectivity index (χ2n) is 6.24. The number of pyridine rings is 1. The van der Waals surface area contributed by atoms with Gasteiger partial charge in [0.2, 0.25) is 0 Å². The Morgan fingerprint density at radius 3 is 2.91 bits per heavy atom. The molecule has 4 nitrogen and oxygen atoms in total. The normalized spacial score (nSPS) is 14.3. The Labute approximate surface area is 136 Å². The summed E-state index contributed by atoms with van der Waals surface area (Å²) in [4.78, 5) is 5.00. The molecule has 0 aliphatic heterocycles. The second-order valence-corrected chi connectivity index (χ2v) is 6.24. The number of ether oxygens (including phenoxy) is 1. The van der Waals surface area contributed by atoms with E-state index < -0.39 is 0 Å². The van der Waals surface area contributed by atoms with Gasteiger partial charge in [0.15, 0.2) is 0 Å². The summed E-state index contributed by atoms with van der Waals surface area (Å²) in [7, 11) is 1.69.